The number of carbonyl (C=O) groups excluding carboxylic acids is 1. The molecular formula is C21H18F3N3O3. The monoisotopic (exact) mass is 417 g/mol. The summed E-state index contributed by atoms with van der Waals surface area (Å²) in [5.74, 6) is -0.590. The average Bonchev–Trinajstić information content (AvgIpc) is 2.74. The van der Waals surface area contributed by atoms with Crippen molar-refractivity contribution in [3.05, 3.63) is 82.6 Å². The van der Waals surface area contributed by atoms with Gasteiger partial charge in [-0.1, -0.05) is 36.4 Å². The smallest absolute Gasteiger partial charge is 0.416 e. The summed E-state index contributed by atoms with van der Waals surface area (Å²) in [6.07, 6.45) is -4.49. The van der Waals surface area contributed by atoms with Crippen LogP contribution in [0.25, 0.3) is 11.3 Å². The van der Waals surface area contributed by atoms with Gasteiger partial charge < -0.3 is 10.1 Å². The summed E-state index contributed by atoms with van der Waals surface area (Å²) in [5.41, 5.74) is 0.299. The zero-order valence-electron chi connectivity index (χ0n) is 15.7. The van der Waals surface area contributed by atoms with Crippen molar-refractivity contribution in [2.24, 2.45) is 0 Å². The standard InChI is InChI=1S/C21H18F3N3O3/c22-21(23,24)16-7-4-8-17(13-16)30-14-19(28)25-11-12-27-20(29)10-9-18(26-27)15-5-2-1-3-6-15/h1-10,13H,11-12,14H2,(H,25,28). The minimum absolute atomic E-state index is 0.0616. The lowest BCUT2D eigenvalue weighted by Crippen LogP contribution is -2.34. The molecule has 0 aliphatic carbocycles. The minimum Gasteiger partial charge on any atom is -0.484 e. The first-order valence-electron chi connectivity index (χ1n) is 9.03. The summed E-state index contributed by atoms with van der Waals surface area (Å²) in [6, 6.07) is 16.6. The molecule has 1 N–H and O–H groups in total. The number of nitrogens with one attached hydrogen (secondary N) is 1. The van der Waals surface area contributed by atoms with Crippen LogP contribution in [-0.4, -0.2) is 28.8 Å². The van der Waals surface area contributed by atoms with Crippen LogP contribution < -0.4 is 15.6 Å². The highest BCUT2D eigenvalue weighted by Gasteiger charge is 2.30. The second kappa shape index (κ2) is 9.25. The van der Waals surface area contributed by atoms with Gasteiger partial charge in [0.1, 0.15) is 5.75 Å². The molecule has 9 heteroatoms. The van der Waals surface area contributed by atoms with E-state index in [-0.39, 0.29) is 24.4 Å². The number of hydrogen-bond donors (Lipinski definition) is 1. The Morgan fingerprint density at radius 2 is 1.80 bits per heavy atom. The highest BCUT2D eigenvalue weighted by atomic mass is 19.4. The zero-order chi connectivity index (χ0) is 21.6. The molecular weight excluding hydrogens is 399 g/mol. The number of ether oxygens (including phenoxy) is 1. The number of alkyl halides is 3. The minimum atomic E-state index is -4.49. The van der Waals surface area contributed by atoms with Gasteiger partial charge in [0.15, 0.2) is 6.61 Å². The molecule has 30 heavy (non-hydrogen) atoms. The van der Waals surface area contributed by atoms with Crippen molar-refractivity contribution < 1.29 is 22.7 Å². The molecule has 0 atom stereocenters. The number of carbonyl (C=O) groups is 1. The van der Waals surface area contributed by atoms with E-state index in [1.165, 1.54) is 22.9 Å². The maximum Gasteiger partial charge on any atom is 0.416 e. The van der Waals surface area contributed by atoms with Gasteiger partial charge in [0.2, 0.25) is 0 Å². The van der Waals surface area contributed by atoms with Gasteiger partial charge in [-0.15, -0.1) is 0 Å². The molecule has 6 nitrogen and oxygen atoms in total. The molecule has 0 saturated heterocycles. The molecule has 0 radical (unpaired) electrons. The summed E-state index contributed by atoms with van der Waals surface area (Å²) in [6.45, 7) is -0.210. The largest absolute Gasteiger partial charge is 0.484 e. The maximum atomic E-state index is 12.7. The summed E-state index contributed by atoms with van der Waals surface area (Å²) in [4.78, 5) is 23.9. The van der Waals surface area contributed by atoms with Crippen molar-refractivity contribution in [1.29, 1.82) is 0 Å². The van der Waals surface area contributed by atoms with Crippen LogP contribution in [0.15, 0.2) is 71.5 Å². The zero-order valence-corrected chi connectivity index (χ0v) is 15.7. The SMILES string of the molecule is O=C(COc1cccc(C(F)(F)F)c1)NCCn1nc(-c2ccccc2)ccc1=O. The van der Waals surface area contributed by atoms with Gasteiger partial charge in [0, 0.05) is 18.2 Å². The van der Waals surface area contributed by atoms with Crippen LogP contribution in [-0.2, 0) is 17.5 Å². The van der Waals surface area contributed by atoms with E-state index in [0.717, 1.165) is 17.7 Å². The number of benzene rings is 2. The Kier molecular flexibility index (Phi) is 6.51. The van der Waals surface area contributed by atoms with Gasteiger partial charge in [-0.25, -0.2) is 4.68 Å². The third kappa shape index (κ3) is 5.69. The van der Waals surface area contributed by atoms with E-state index in [4.69, 9.17) is 4.74 Å². The lowest BCUT2D eigenvalue weighted by Gasteiger charge is -2.11. The number of halogens is 3. The van der Waals surface area contributed by atoms with E-state index in [1.54, 1.807) is 6.07 Å². The van der Waals surface area contributed by atoms with Crippen molar-refractivity contribution in [3.63, 3.8) is 0 Å². The van der Waals surface area contributed by atoms with E-state index in [1.807, 2.05) is 30.3 Å². The first-order valence-corrected chi connectivity index (χ1v) is 9.03. The predicted molar refractivity (Wildman–Crippen MR) is 104 cm³/mol. The van der Waals surface area contributed by atoms with Crippen LogP contribution in [0.5, 0.6) is 5.75 Å². The number of amides is 1. The van der Waals surface area contributed by atoms with E-state index < -0.39 is 24.3 Å². The van der Waals surface area contributed by atoms with Crippen LogP contribution in [0, 0.1) is 0 Å². The van der Waals surface area contributed by atoms with Gasteiger partial charge in [-0.2, -0.15) is 18.3 Å². The molecule has 1 heterocycles. The maximum absolute atomic E-state index is 12.7. The Morgan fingerprint density at radius 1 is 1.03 bits per heavy atom. The van der Waals surface area contributed by atoms with Crippen molar-refractivity contribution in [1.82, 2.24) is 15.1 Å². The summed E-state index contributed by atoms with van der Waals surface area (Å²) >= 11 is 0. The summed E-state index contributed by atoms with van der Waals surface area (Å²) in [5, 5.41) is 6.83. The number of nitrogens with zero attached hydrogens (tertiary/aromatic N) is 2. The molecule has 0 aliphatic heterocycles. The lowest BCUT2D eigenvalue weighted by atomic mass is 10.1. The average molecular weight is 417 g/mol. The first-order chi connectivity index (χ1) is 14.3. The van der Waals surface area contributed by atoms with Crippen LogP contribution in [0.2, 0.25) is 0 Å². The number of hydrogen-bond acceptors (Lipinski definition) is 4. The molecule has 0 unspecified atom stereocenters. The Bertz CT molecular complexity index is 1070. The Labute approximate surface area is 169 Å². The van der Waals surface area contributed by atoms with Crippen LogP contribution in [0.4, 0.5) is 13.2 Å². The van der Waals surface area contributed by atoms with Crippen molar-refractivity contribution >= 4 is 5.91 Å². The summed E-state index contributed by atoms with van der Waals surface area (Å²) < 4.78 is 44.4. The Hall–Kier alpha value is -3.62. The first kappa shape index (κ1) is 21.1. The lowest BCUT2D eigenvalue weighted by molar-refractivity contribution is -0.137. The van der Waals surface area contributed by atoms with E-state index >= 15 is 0 Å². The fraction of sp³-hybridized carbons (Fsp3) is 0.190. The third-order valence-corrected chi connectivity index (χ3v) is 4.11. The Morgan fingerprint density at radius 3 is 2.53 bits per heavy atom. The van der Waals surface area contributed by atoms with Gasteiger partial charge in [0.05, 0.1) is 17.8 Å². The molecule has 156 valence electrons. The molecule has 3 aromatic rings. The molecule has 0 saturated carbocycles. The van der Waals surface area contributed by atoms with Gasteiger partial charge >= 0.3 is 6.18 Å². The van der Waals surface area contributed by atoms with Crippen LogP contribution in [0.3, 0.4) is 0 Å². The van der Waals surface area contributed by atoms with Gasteiger partial charge in [-0.3, -0.25) is 9.59 Å². The normalized spacial score (nSPS) is 11.2. The van der Waals surface area contributed by atoms with Crippen molar-refractivity contribution in [2.45, 2.75) is 12.7 Å². The van der Waals surface area contributed by atoms with Gasteiger partial charge in [0.25, 0.3) is 11.5 Å². The van der Waals surface area contributed by atoms with Crippen molar-refractivity contribution in [3.8, 4) is 17.0 Å². The molecule has 0 spiro atoms. The fourth-order valence-corrected chi connectivity index (χ4v) is 2.64. The fourth-order valence-electron chi connectivity index (χ4n) is 2.64. The second-order valence-electron chi connectivity index (χ2n) is 6.31. The second-order valence-corrected chi connectivity index (χ2v) is 6.31. The van der Waals surface area contributed by atoms with E-state index in [2.05, 4.69) is 10.4 Å². The molecule has 2 aromatic carbocycles. The highest BCUT2D eigenvalue weighted by molar-refractivity contribution is 5.77. The topological polar surface area (TPSA) is 73.2 Å². The predicted octanol–water partition coefficient (Wildman–Crippen LogP) is 3.12. The summed E-state index contributed by atoms with van der Waals surface area (Å²) in [7, 11) is 0. The number of aromatic nitrogens is 2. The number of rotatable bonds is 7. The van der Waals surface area contributed by atoms with Crippen molar-refractivity contribution in [2.75, 3.05) is 13.2 Å². The Balaban J connectivity index is 1.52. The van der Waals surface area contributed by atoms with Gasteiger partial charge in [-0.05, 0) is 24.3 Å². The third-order valence-electron chi connectivity index (χ3n) is 4.11. The van der Waals surface area contributed by atoms with E-state index in [9.17, 15) is 22.8 Å². The quantitative estimate of drug-likeness (QED) is 0.641. The van der Waals surface area contributed by atoms with E-state index in [0.29, 0.717) is 5.69 Å². The van der Waals surface area contributed by atoms with Crippen LogP contribution >= 0.6 is 0 Å². The molecule has 1 amide bonds. The molecule has 1 aromatic heterocycles. The van der Waals surface area contributed by atoms with Crippen LogP contribution in [0.1, 0.15) is 5.56 Å². The molecule has 0 bridgehead atoms. The molecule has 0 aliphatic rings. The highest BCUT2D eigenvalue weighted by Crippen LogP contribution is 2.31. The molecule has 3 rings (SSSR count). The molecule has 0 fully saturated rings.